The number of rotatable bonds is 13. The lowest BCUT2D eigenvalue weighted by molar-refractivity contribution is -0.143. The van der Waals surface area contributed by atoms with Gasteiger partial charge in [0.1, 0.15) is 6.04 Å². The van der Waals surface area contributed by atoms with Gasteiger partial charge in [0.25, 0.3) is 0 Å². The number of alkyl halides is 1. The van der Waals surface area contributed by atoms with E-state index in [2.05, 4.69) is 29.1 Å². The number of para-hydroxylation sites is 1. The smallest absolute Gasteiger partial charge is 0.247 e. The minimum absolute atomic E-state index is 0.0147. The molecule has 6 atom stereocenters. The maximum Gasteiger partial charge on any atom is 0.247 e. The largest absolute Gasteiger partial charge is 0.396 e. The summed E-state index contributed by atoms with van der Waals surface area (Å²) in [6.07, 6.45) is 5.15. The molecule has 0 aromatic heterocycles. The van der Waals surface area contributed by atoms with E-state index >= 15 is 0 Å². The van der Waals surface area contributed by atoms with Gasteiger partial charge in [-0.05, 0) is 37.0 Å². The average Bonchev–Trinajstić information content (AvgIpc) is 3.59. The van der Waals surface area contributed by atoms with Gasteiger partial charge in [0.2, 0.25) is 17.7 Å². The van der Waals surface area contributed by atoms with Crippen molar-refractivity contribution in [3.05, 3.63) is 91.5 Å². The van der Waals surface area contributed by atoms with E-state index in [-0.39, 0.29) is 34.4 Å². The number of likely N-dealkylation sites (tertiary alicyclic amines) is 1. The Bertz CT molecular complexity index is 1310. The lowest BCUT2D eigenvalue weighted by Crippen LogP contribution is -2.55. The van der Waals surface area contributed by atoms with Gasteiger partial charge in [0.05, 0.1) is 16.6 Å². The van der Waals surface area contributed by atoms with E-state index in [0.717, 1.165) is 11.3 Å². The van der Waals surface area contributed by atoms with Crippen LogP contribution in [-0.2, 0) is 20.9 Å². The first-order chi connectivity index (χ1) is 20.4. The number of nitrogens with zero attached hydrogens (tertiary/aromatic N) is 3. The second-order valence-electron chi connectivity index (χ2n) is 11.2. The van der Waals surface area contributed by atoms with Gasteiger partial charge in [-0.2, -0.15) is 0 Å². The fourth-order valence-electron chi connectivity index (χ4n) is 6.93. The molecule has 3 unspecified atom stereocenters. The van der Waals surface area contributed by atoms with Crippen molar-refractivity contribution >= 4 is 51.1 Å². The van der Waals surface area contributed by atoms with Crippen molar-refractivity contribution in [2.45, 2.75) is 46.7 Å². The lowest BCUT2D eigenvalue weighted by Gasteiger charge is -2.38. The molecule has 2 bridgehead atoms. The number of hydrogen-bond acceptors (Lipinski definition) is 5. The highest BCUT2D eigenvalue weighted by Gasteiger charge is 2.76. The summed E-state index contributed by atoms with van der Waals surface area (Å²) >= 11 is 5.51. The number of halogens is 1. The molecule has 0 saturated carbocycles. The van der Waals surface area contributed by atoms with E-state index < -0.39 is 22.6 Å². The highest BCUT2D eigenvalue weighted by molar-refractivity contribution is 9.09. The summed E-state index contributed by atoms with van der Waals surface area (Å²) in [5, 5.41) is 9.34. The Balaban J connectivity index is 1.54. The van der Waals surface area contributed by atoms with Crippen molar-refractivity contribution in [2.75, 3.05) is 31.1 Å². The Labute approximate surface area is 260 Å². The van der Waals surface area contributed by atoms with Crippen LogP contribution in [0.4, 0.5) is 5.69 Å². The molecule has 222 valence electrons. The average molecular weight is 653 g/mol. The maximum absolute atomic E-state index is 14.6. The van der Waals surface area contributed by atoms with Crippen LogP contribution < -0.4 is 4.90 Å². The van der Waals surface area contributed by atoms with Crippen molar-refractivity contribution < 1.29 is 19.5 Å². The number of carbonyl (C=O) groups excluding carboxylic acids is 3. The molecule has 3 aliphatic rings. The minimum atomic E-state index is -0.737. The third-order valence-electron chi connectivity index (χ3n) is 8.64. The number of aliphatic hydroxyl groups is 1. The number of carbonyl (C=O) groups is 3. The van der Waals surface area contributed by atoms with Crippen LogP contribution in [0.5, 0.6) is 0 Å². The second-order valence-corrected chi connectivity index (χ2v) is 13.9. The second kappa shape index (κ2) is 13.2. The first-order valence-electron chi connectivity index (χ1n) is 14.5. The molecule has 0 radical (unpaired) electrons. The molecule has 1 spiro atoms. The topological polar surface area (TPSA) is 81.2 Å². The third-order valence-corrected chi connectivity index (χ3v) is 11.9. The fraction of sp³-hybridized carbons (Fsp3) is 0.424. The van der Waals surface area contributed by atoms with Crippen LogP contribution in [0.15, 0.2) is 86.0 Å². The molecular formula is C33H38BrN3O4S. The van der Waals surface area contributed by atoms with Gasteiger partial charge >= 0.3 is 0 Å². The third kappa shape index (κ3) is 5.47. The summed E-state index contributed by atoms with van der Waals surface area (Å²) in [6.45, 7) is 9.21. The number of fused-ring (bicyclic) bond motifs is 1. The van der Waals surface area contributed by atoms with Gasteiger partial charge in [-0.3, -0.25) is 14.4 Å². The number of aliphatic hydroxyl groups excluding tert-OH is 1. The summed E-state index contributed by atoms with van der Waals surface area (Å²) in [6, 6.07) is 18.6. The van der Waals surface area contributed by atoms with E-state index in [0.29, 0.717) is 45.4 Å². The van der Waals surface area contributed by atoms with Gasteiger partial charge in [-0.25, -0.2) is 0 Å². The van der Waals surface area contributed by atoms with Crippen LogP contribution in [0, 0.1) is 11.8 Å². The summed E-state index contributed by atoms with van der Waals surface area (Å²) in [4.78, 5) is 48.6. The normalized spacial score (nSPS) is 27.5. The molecule has 3 amide bonds. The summed E-state index contributed by atoms with van der Waals surface area (Å²) in [7, 11) is 0. The van der Waals surface area contributed by atoms with Crippen molar-refractivity contribution in [3.63, 3.8) is 0 Å². The van der Waals surface area contributed by atoms with Crippen LogP contribution in [0.3, 0.4) is 0 Å². The Morgan fingerprint density at radius 3 is 2.33 bits per heavy atom. The van der Waals surface area contributed by atoms with Crippen molar-refractivity contribution in [1.82, 2.24) is 9.80 Å². The molecule has 9 heteroatoms. The SMILES string of the molecule is C=CCN(Cc1ccccc1)C(=O)C1N(CCCCO)C(=O)[C@@H]2[C@@H](C(=O)N(CC=C)c3ccccc3)[C@@H]3SC12CC3Br. The highest BCUT2D eigenvalue weighted by Crippen LogP contribution is 2.68. The van der Waals surface area contributed by atoms with E-state index in [1.807, 2.05) is 60.7 Å². The van der Waals surface area contributed by atoms with Crippen LogP contribution in [0.2, 0.25) is 0 Å². The van der Waals surface area contributed by atoms with Crippen LogP contribution in [0.1, 0.15) is 24.8 Å². The molecule has 2 aromatic carbocycles. The molecule has 0 aliphatic carbocycles. The summed E-state index contributed by atoms with van der Waals surface area (Å²) in [5.41, 5.74) is 1.75. The molecule has 42 heavy (non-hydrogen) atoms. The van der Waals surface area contributed by atoms with Gasteiger partial charge in [0.15, 0.2) is 0 Å². The quantitative estimate of drug-likeness (QED) is 0.194. The summed E-state index contributed by atoms with van der Waals surface area (Å²) in [5.74, 6) is -1.57. The number of hydrogen-bond donors (Lipinski definition) is 1. The molecule has 2 aromatic rings. The molecule has 1 N–H and O–H groups in total. The number of anilines is 1. The van der Waals surface area contributed by atoms with Gasteiger partial charge in [0, 0.05) is 48.6 Å². The predicted molar refractivity (Wildman–Crippen MR) is 171 cm³/mol. The van der Waals surface area contributed by atoms with Gasteiger partial charge < -0.3 is 19.8 Å². The predicted octanol–water partition coefficient (Wildman–Crippen LogP) is 4.66. The monoisotopic (exact) mass is 651 g/mol. The Kier molecular flexibility index (Phi) is 9.60. The fourth-order valence-corrected chi connectivity index (χ4v) is 10.5. The van der Waals surface area contributed by atoms with E-state index in [1.54, 1.807) is 38.6 Å². The molecule has 3 saturated heterocycles. The molecule has 5 rings (SSSR count). The number of benzene rings is 2. The van der Waals surface area contributed by atoms with Crippen molar-refractivity contribution in [3.8, 4) is 0 Å². The molecule has 3 fully saturated rings. The van der Waals surface area contributed by atoms with Crippen LogP contribution in [0.25, 0.3) is 0 Å². The molecular weight excluding hydrogens is 614 g/mol. The lowest BCUT2D eigenvalue weighted by atomic mass is 9.70. The van der Waals surface area contributed by atoms with Gasteiger partial charge in [-0.1, -0.05) is 76.6 Å². The molecule has 3 heterocycles. The van der Waals surface area contributed by atoms with Crippen molar-refractivity contribution in [1.29, 1.82) is 0 Å². The Morgan fingerprint density at radius 2 is 1.69 bits per heavy atom. The van der Waals surface area contributed by atoms with Crippen molar-refractivity contribution in [2.24, 2.45) is 11.8 Å². The van der Waals surface area contributed by atoms with E-state index in [9.17, 15) is 19.5 Å². The molecule has 3 aliphatic heterocycles. The van der Waals surface area contributed by atoms with E-state index in [4.69, 9.17) is 0 Å². The van der Waals surface area contributed by atoms with E-state index in [1.165, 1.54) is 0 Å². The minimum Gasteiger partial charge on any atom is -0.396 e. The maximum atomic E-state index is 14.6. The van der Waals surface area contributed by atoms with Gasteiger partial charge in [-0.15, -0.1) is 24.9 Å². The van der Waals surface area contributed by atoms with Crippen LogP contribution in [-0.4, -0.2) is 79.7 Å². The first kappa shape index (κ1) is 30.6. The number of amides is 3. The zero-order valence-electron chi connectivity index (χ0n) is 23.7. The standard InChI is InChI=1S/C33H38BrN3O4S/c1-3-17-35(22-23-13-7-5-8-14-23)32(41)29-33-21-25(34)28(42-33)26(27(33)31(40)37(29)19-11-12-20-38)30(39)36(18-4-2)24-15-9-6-10-16-24/h3-10,13-16,25-29,38H,1-2,11-12,17-22H2/t25?,26-,27+,28-,29?,33?/m1/s1. The number of unbranched alkanes of at least 4 members (excludes halogenated alkanes) is 1. The molecule has 7 nitrogen and oxygen atoms in total. The highest BCUT2D eigenvalue weighted by atomic mass is 79.9. The van der Waals surface area contributed by atoms with Crippen LogP contribution >= 0.6 is 27.7 Å². The Hall–Kier alpha value is -2.88. The Morgan fingerprint density at radius 1 is 1.02 bits per heavy atom. The zero-order valence-corrected chi connectivity index (χ0v) is 26.1. The summed E-state index contributed by atoms with van der Waals surface area (Å²) < 4.78 is -0.737. The first-order valence-corrected chi connectivity index (χ1v) is 16.3. The number of thioether (sulfide) groups is 1. The zero-order chi connectivity index (χ0) is 29.9.